The third-order valence-corrected chi connectivity index (χ3v) is 3.66. The quantitative estimate of drug-likeness (QED) is 0.918. The second-order valence-electron chi connectivity index (χ2n) is 5.09. The SMILES string of the molecule is CCc1ccc(-c2noc(CN3CCNCC3)n2)cc1. The van der Waals surface area contributed by atoms with E-state index in [0.717, 1.165) is 44.7 Å². The van der Waals surface area contributed by atoms with Crippen molar-refractivity contribution in [3.05, 3.63) is 35.7 Å². The van der Waals surface area contributed by atoms with Gasteiger partial charge in [-0.1, -0.05) is 36.3 Å². The summed E-state index contributed by atoms with van der Waals surface area (Å²) in [6, 6.07) is 8.33. The van der Waals surface area contributed by atoms with Gasteiger partial charge in [0.1, 0.15) is 0 Å². The molecule has 0 spiro atoms. The summed E-state index contributed by atoms with van der Waals surface area (Å²) in [4.78, 5) is 6.82. The number of piperazine rings is 1. The zero-order valence-corrected chi connectivity index (χ0v) is 11.8. The fraction of sp³-hybridized carbons (Fsp3) is 0.467. The Kier molecular flexibility index (Phi) is 4.08. The van der Waals surface area contributed by atoms with Crippen molar-refractivity contribution in [3.8, 4) is 11.4 Å². The van der Waals surface area contributed by atoms with E-state index >= 15 is 0 Å². The number of nitrogens with one attached hydrogen (secondary N) is 1. The van der Waals surface area contributed by atoms with Crippen molar-refractivity contribution >= 4 is 0 Å². The van der Waals surface area contributed by atoms with Crippen LogP contribution in [0.2, 0.25) is 0 Å². The smallest absolute Gasteiger partial charge is 0.241 e. The standard InChI is InChI=1S/C15H20N4O/c1-2-12-3-5-13(6-4-12)15-17-14(20-18-15)11-19-9-7-16-8-10-19/h3-6,16H,2,7-11H2,1H3. The summed E-state index contributed by atoms with van der Waals surface area (Å²) in [6.45, 7) is 7.00. The van der Waals surface area contributed by atoms with Crippen LogP contribution in [0, 0.1) is 0 Å². The zero-order chi connectivity index (χ0) is 13.8. The first-order valence-electron chi connectivity index (χ1n) is 7.20. The Morgan fingerprint density at radius 2 is 1.95 bits per heavy atom. The molecule has 1 N–H and O–H groups in total. The van der Waals surface area contributed by atoms with E-state index in [0.29, 0.717) is 11.7 Å². The van der Waals surface area contributed by atoms with Gasteiger partial charge < -0.3 is 9.84 Å². The maximum absolute atomic E-state index is 5.36. The fourth-order valence-electron chi connectivity index (χ4n) is 2.39. The average molecular weight is 272 g/mol. The van der Waals surface area contributed by atoms with E-state index < -0.39 is 0 Å². The lowest BCUT2D eigenvalue weighted by atomic mass is 10.1. The Morgan fingerprint density at radius 1 is 1.20 bits per heavy atom. The molecule has 5 nitrogen and oxygen atoms in total. The summed E-state index contributed by atoms with van der Waals surface area (Å²) in [5, 5.41) is 7.41. The number of hydrogen-bond donors (Lipinski definition) is 1. The van der Waals surface area contributed by atoms with Crippen molar-refractivity contribution in [1.82, 2.24) is 20.4 Å². The van der Waals surface area contributed by atoms with Crippen molar-refractivity contribution in [2.45, 2.75) is 19.9 Å². The van der Waals surface area contributed by atoms with Crippen LogP contribution in [-0.4, -0.2) is 41.2 Å². The van der Waals surface area contributed by atoms with E-state index in [-0.39, 0.29) is 0 Å². The van der Waals surface area contributed by atoms with Gasteiger partial charge in [0, 0.05) is 31.7 Å². The molecule has 3 rings (SSSR count). The van der Waals surface area contributed by atoms with Crippen LogP contribution >= 0.6 is 0 Å². The second kappa shape index (κ2) is 6.15. The van der Waals surface area contributed by atoms with E-state index in [1.807, 2.05) is 0 Å². The van der Waals surface area contributed by atoms with Gasteiger partial charge in [-0.05, 0) is 12.0 Å². The lowest BCUT2D eigenvalue weighted by Crippen LogP contribution is -2.42. The minimum absolute atomic E-state index is 0.679. The van der Waals surface area contributed by atoms with E-state index in [2.05, 4.69) is 51.5 Å². The molecule has 1 aliphatic rings. The van der Waals surface area contributed by atoms with Gasteiger partial charge in [0.25, 0.3) is 0 Å². The van der Waals surface area contributed by atoms with Gasteiger partial charge in [-0.2, -0.15) is 4.98 Å². The van der Waals surface area contributed by atoms with Crippen LogP contribution in [0.15, 0.2) is 28.8 Å². The van der Waals surface area contributed by atoms with Crippen molar-refractivity contribution < 1.29 is 4.52 Å². The fourth-order valence-corrected chi connectivity index (χ4v) is 2.39. The Morgan fingerprint density at radius 3 is 2.65 bits per heavy atom. The van der Waals surface area contributed by atoms with Gasteiger partial charge in [-0.25, -0.2) is 0 Å². The Bertz CT molecular complexity index is 543. The number of nitrogens with zero attached hydrogens (tertiary/aromatic N) is 3. The Hall–Kier alpha value is -1.72. The number of rotatable bonds is 4. The van der Waals surface area contributed by atoms with Crippen molar-refractivity contribution in [2.24, 2.45) is 0 Å². The highest BCUT2D eigenvalue weighted by atomic mass is 16.5. The van der Waals surface area contributed by atoms with Crippen LogP contribution in [0.1, 0.15) is 18.4 Å². The molecule has 2 heterocycles. The third kappa shape index (κ3) is 3.05. The molecule has 0 unspecified atom stereocenters. The van der Waals surface area contributed by atoms with Gasteiger partial charge in [0.2, 0.25) is 11.7 Å². The highest BCUT2D eigenvalue weighted by molar-refractivity contribution is 5.54. The predicted molar refractivity (Wildman–Crippen MR) is 77.3 cm³/mol. The van der Waals surface area contributed by atoms with E-state index in [9.17, 15) is 0 Å². The lowest BCUT2D eigenvalue weighted by Gasteiger charge is -2.25. The monoisotopic (exact) mass is 272 g/mol. The minimum atomic E-state index is 0.679. The summed E-state index contributed by atoms with van der Waals surface area (Å²) < 4.78 is 5.36. The molecule has 0 saturated carbocycles. The van der Waals surface area contributed by atoms with E-state index in [4.69, 9.17) is 4.52 Å². The van der Waals surface area contributed by atoms with Crippen molar-refractivity contribution in [3.63, 3.8) is 0 Å². The molecule has 0 amide bonds. The van der Waals surface area contributed by atoms with Crippen molar-refractivity contribution in [2.75, 3.05) is 26.2 Å². The zero-order valence-electron chi connectivity index (χ0n) is 11.8. The molecule has 5 heteroatoms. The molecule has 106 valence electrons. The summed E-state index contributed by atoms with van der Waals surface area (Å²) in [5.74, 6) is 1.37. The average Bonchev–Trinajstić information content (AvgIpc) is 2.97. The Balaban J connectivity index is 1.68. The minimum Gasteiger partial charge on any atom is -0.338 e. The molecule has 0 atom stereocenters. The predicted octanol–water partition coefficient (Wildman–Crippen LogP) is 1.70. The van der Waals surface area contributed by atoms with Gasteiger partial charge in [-0.15, -0.1) is 0 Å². The van der Waals surface area contributed by atoms with Crippen LogP contribution in [0.4, 0.5) is 0 Å². The second-order valence-corrected chi connectivity index (χ2v) is 5.09. The maximum atomic E-state index is 5.36. The maximum Gasteiger partial charge on any atom is 0.241 e. The van der Waals surface area contributed by atoms with Gasteiger partial charge in [-0.3, -0.25) is 4.90 Å². The molecule has 1 fully saturated rings. The normalized spacial score (nSPS) is 16.4. The molecule has 1 aliphatic heterocycles. The van der Waals surface area contributed by atoms with Crippen LogP contribution in [0.25, 0.3) is 11.4 Å². The first-order chi connectivity index (χ1) is 9.85. The molecule has 0 radical (unpaired) electrons. The molecule has 1 aromatic heterocycles. The summed E-state index contributed by atoms with van der Waals surface area (Å²) >= 11 is 0. The van der Waals surface area contributed by atoms with Crippen LogP contribution in [0.3, 0.4) is 0 Å². The van der Waals surface area contributed by atoms with Crippen molar-refractivity contribution in [1.29, 1.82) is 0 Å². The third-order valence-electron chi connectivity index (χ3n) is 3.66. The molecule has 1 saturated heterocycles. The molecular weight excluding hydrogens is 252 g/mol. The number of aryl methyl sites for hydroxylation is 1. The number of hydrogen-bond acceptors (Lipinski definition) is 5. The summed E-state index contributed by atoms with van der Waals surface area (Å²) in [6.07, 6.45) is 1.04. The molecule has 20 heavy (non-hydrogen) atoms. The summed E-state index contributed by atoms with van der Waals surface area (Å²) in [7, 11) is 0. The van der Waals surface area contributed by atoms with E-state index in [1.165, 1.54) is 5.56 Å². The number of aromatic nitrogens is 2. The largest absolute Gasteiger partial charge is 0.338 e. The Labute approximate surface area is 119 Å². The molecule has 2 aromatic rings. The molecular formula is C15H20N4O. The van der Waals surface area contributed by atoms with Gasteiger partial charge in [0.05, 0.1) is 6.54 Å². The molecule has 1 aromatic carbocycles. The molecule has 0 aliphatic carbocycles. The van der Waals surface area contributed by atoms with Crippen LogP contribution in [-0.2, 0) is 13.0 Å². The summed E-state index contributed by atoms with van der Waals surface area (Å²) in [5.41, 5.74) is 2.33. The van der Waals surface area contributed by atoms with Gasteiger partial charge >= 0.3 is 0 Å². The van der Waals surface area contributed by atoms with Gasteiger partial charge in [0.15, 0.2) is 0 Å². The van der Waals surface area contributed by atoms with Crippen LogP contribution in [0.5, 0.6) is 0 Å². The highest BCUT2D eigenvalue weighted by Gasteiger charge is 2.14. The highest BCUT2D eigenvalue weighted by Crippen LogP contribution is 2.17. The first kappa shape index (κ1) is 13.3. The number of benzene rings is 1. The van der Waals surface area contributed by atoms with Crippen LogP contribution < -0.4 is 5.32 Å². The topological polar surface area (TPSA) is 54.2 Å². The first-order valence-corrected chi connectivity index (χ1v) is 7.20. The molecule has 0 bridgehead atoms. The lowest BCUT2D eigenvalue weighted by molar-refractivity contribution is 0.203. The van der Waals surface area contributed by atoms with E-state index in [1.54, 1.807) is 0 Å².